The van der Waals surface area contributed by atoms with Crippen molar-refractivity contribution in [2.24, 2.45) is 0 Å². The van der Waals surface area contributed by atoms with Crippen molar-refractivity contribution in [3.8, 4) is 0 Å². The zero-order valence-electron chi connectivity index (χ0n) is 17.5. The van der Waals surface area contributed by atoms with Crippen LogP contribution in [0.4, 0.5) is 21.8 Å². The normalized spacial score (nSPS) is 14.4. The Labute approximate surface area is 179 Å². The molecular weight excluding hydrogens is 397 g/mol. The maximum atomic E-state index is 13.4. The fourth-order valence-electron chi connectivity index (χ4n) is 3.86. The van der Waals surface area contributed by atoms with Crippen molar-refractivity contribution in [3.63, 3.8) is 0 Å². The first-order valence-corrected chi connectivity index (χ1v) is 10.3. The third kappa shape index (κ3) is 3.96. The Balaban J connectivity index is 1.60. The van der Waals surface area contributed by atoms with Crippen LogP contribution in [0.15, 0.2) is 36.4 Å². The molecule has 4 heterocycles. The lowest BCUT2D eigenvalue weighted by Gasteiger charge is -2.29. The van der Waals surface area contributed by atoms with Gasteiger partial charge in [-0.2, -0.15) is 14.7 Å². The predicted molar refractivity (Wildman–Crippen MR) is 117 cm³/mol. The Bertz CT molecular complexity index is 1210. The van der Waals surface area contributed by atoms with Gasteiger partial charge in [0.15, 0.2) is 11.5 Å². The van der Waals surface area contributed by atoms with Crippen LogP contribution in [0.3, 0.4) is 0 Å². The van der Waals surface area contributed by atoms with Crippen LogP contribution in [-0.4, -0.2) is 51.1 Å². The van der Waals surface area contributed by atoms with Gasteiger partial charge in [0, 0.05) is 42.9 Å². The van der Waals surface area contributed by atoms with Crippen molar-refractivity contribution in [3.05, 3.63) is 64.7 Å². The number of nitrogens with one attached hydrogen (secondary N) is 2. The van der Waals surface area contributed by atoms with Gasteiger partial charge in [0.2, 0.25) is 0 Å². The highest BCUT2D eigenvalue weighted by Gasteiger charge is 2.21. The molecule has 5 rings (SSSR count). The van der Waals surface area contributed by atoms with Gasteiger partial charge in [-0.3, -0.25) is 5.10 Å². The summed E-state index contributed by atoms with van der Waals surface area (Å²) in [5.41, 5.74) is 4.67. The van der Waals surface area contributed by atoms with Gasteiger partial charge in [0.05, 0.1) is 18.9 Å². The van der Waals surface area contributed by atoms with Crippen LogP contribution < -0.4 is 10.2 Å². The quantitative estimate of drug-likeness (QED) is 0.514. The van der Waals surface area contributed by atoms with E-state index in [4.69, 9.17) is 14.8 Å². The number of morpholine rings is 1. The first-order valence-electron chi connectivity index (χ1n) is 10.3. The minimum absolute atomic E-state index is 0.242. The third-order valence-electron chi connectivity index (χ3n) is 5.46. The largest absolute Gasteiger partial charge is 0.378 e. The molecule has 1 aromatic carbocycles. The van der Waals surface area contributed by atoms with E-state index in [1.54, 1.807) is 12.1 Å². The summed E-state index contributed by atoms with van der Waals surface area (Å²) in [4.78, 5) is 7.13. The Morgan fingerprint density at radius 3 is 2.58 bits per heavy atom. The standard InChI is InChI=1S/C22H24FN7O/c1-14-11-20(27-26-14)24-19-13-21(29-7-9-31-10-8-29)30-22(25-19)18(15(2)28-30)12-16-3-5-17(23)6-4-16/h3-6,11,13H,7-10,12H2,1-2H3,(H2,24,25,26,27). The van der Waals surface area contributed by atoms with Crippen LogP contribution in [0.2, 0.25) is 0 Å². The number of ether oxygens (including phenoxy) is 1. The van der Waals surface area contributed by atoms with Crippen LogP contribution in [0.25, 0.3) is 5.65 Å². The Hall–Kier alpha value is -3.46. The minimum Gasteiger partial charge on any atom is -0.378 e. The molecule has 1 aliphatic heterocycles. The maximum absolute atomic E-state index is 13.4. The highest BCUT2D eigenvalue weighted by atomic mass is 19.1. The van der Waals surface area contributed by atoms with Gasteiger partial charge in [-0.25, -0.2) is 9.37 Å². The van der Waals surface area contributed by atoms with E-state index in [9.17, 15) is 4.39 Å². The third-order valence-corrected chi connectivity index (χ3v) is 5.46. The Morgan fingerprint density at radius 1 is 1.10 bits per heavy atom. The highest BCUT2D eigenvalue weighted by molar-refractivity contribution is 5.66. The average molecular weight is 421 g/mol. The molecule has 0 spiro atoms. The van der Waals surface area contributed by atoms with Crippen molar-refractivity contribution in [1.82, 2.24) is 24.8 Å². The predicted octanol–water partition coefficient (Wildman–Crippen LogP) is 3.38. The lowest BCUT2D eigenvalue weighted by molar-refractivity contribution is 0.122. The zero-order valence-corrected chi connectivity index (χ0v) is 17.5. The highest BCUT2D eigenvalue weighted by Crippen LogP contribution is 2.27. The second-order valence-electron chi connectivity index (χ2n) is 7.76. The molecule has 1 fully saturated rings. The molecule has 3 aromatic heterocycles. The molecule has 1 aliphatic rings. The molecule has 0 saturated carbocycles. The molecule has 9 heteroatoms. The van der Waals surface area contributed by atoms with E-state index < -0.39 is 0 Å². The maximum Gasteiger partial charge on any atom is 0.163 e. The second-order valence-corrected chi connectivity index (χ2v) is 7.76. The number of hydrogen-bond acceptors (Lipinski definition) is 6. The van der Waals surface area contributed by atoms with Crippen molar-refractivity contribution < 1.29 is 9.13 Å². The lowest BCUT2D eigenvalue weighted by Crippen LogP contribution is -2.37. The Kier molecular flexibility index (Phi) is 5.03. The number of benzene rings is 1. The number of aromatic nitrogens is 5. The Morgan fingerprint density at radius 2 is 1.87 bits per heavy atom. The van der Waals surface area contributed by atoms with Gasteiger partial charge in [0.1, 0.15) is 17.5 Å². The van der Waals surface area contributed by atoms with Crippen LogP contribution in [0, 0.1) is 19.7 Å². The van der Waals surface area contributed by atoms with Gasteiger partial charge in [-0.1, -0.05) is 12.1 Å². The first kappa shape index (κ1) is 19.5. The summed E-state index contributed by atoms with van der Waals surface area (Å²) in [6, 6.07) is 10.5. The second kappa shape index (κ2) is 7.99. The van der Waals surface area contributed by atoms with Gasteiger partial charge in [0.25, 0.3) is 0 Å². The number of H-pyrrole nitrogens is 1. The molecule has 8 nitrogen and oxygen atoms in total. The molecule has 31 heavy (non-hydrogen) atoms. The molecule has 0 amide bonds. The van der Waals surface area contributed by atoms with Crippen molar-refractivity contribution in [1.29, 1.82) is 0 Å². The SMILES string of the molecule is Cc1cc(Nc2cc(N3CCOCC3)n3nc(C)c(Cc4ccc(F)cc4)c3n2)n[nH]1. The molecule has 160 valence electrons. The fourth-order valence-corrected chi connectivity index (χ4v) is 3.86. The summed E-state index contributed by atoms with van der Waals surface area (Å²) in [5.74, 6) is 2.12. The lowest BCUT2D eigenvalue weighted by atomic mass is 10.1. The molecule has 1 saturated heterocycles. The van der Waals surface area contributed by atoms with Crippen LogP contribution in [0.5, 0.6) is 0 Å². The van der Waals surface area contributed by atoms with Crippen LogP contribution in [0.1, 0.15) is 22.5 Å². The number of rotatable bonds is 5. The summed E-state index contributed by atoms with van der Waals surface area (Å²) in [6.45, 7) is 6.86. The summed E-state index contributed by atoms with van der Waals surface area (Å²) < 4.78 is 20.8. The van der Waals surface area contributed by atoms with E-state index in [-0.39, 0.29) is 5.82 Å². The van der Waals surface area contributed by atoms with Crippen LogP contribution >= 0.6 is 0 Å². The summed E-state index contributed by atoms with van der Waals surface area (Å²) in [6.07, 6.45) is 0.621. The van der Waals surface area contributed by atoms with Gasteiger partial charge >= 0.3 is 0 Å². The number of aromatic amines is 1. The molecule has 0 atom stereocenters. The molecule has 2 N–H and O–H groups in total. The first-order chi connectivity index (χ1) is 15.1. The van der Waals surface area contributed by atoms with Crippen LogP contribution in [-0.2, 0) is 11.2 Å². The zero-order chi connectivity index (χ0) is 21.4. The summed E-state index contributed by atoms with van der Waals surface area (Å²) in [5, 5.41) is 15.3. The molecule has 0 bridgehead atoms. The number of fused-ring (bicyclic) bond motifs is 1. The summed E-state index contributed by atoms with van der Waals surface area (Å²) in [7, 11) is 0. The van der Waals surface area contributed by atoms with E-state index >= 15 is 0 Å². The number of nitrogens with zero attached hydrogens (tertiary/aromatic N) is 5. The molecule has 0 aliphatic carbocycles. The van der Waals surface area contributed by atoms with Crippen molar-refractivity contribution in [2.75, 3.05) is 36.5 Å². The van der Waals surface area contributed by atoms with E-state index in [2.05, 4.69) is 20.4 Å². The molecular formula is C22H24FN7O. The number of halogens is 1. The number of aryl methyl sites for hydroxylation is 2. The fraction of sp³-hybridized carbons (Fsp3) is 0.318. The smallest absolute Gasteiger partial charge is 0.163 e. The number of anilines is 3. The van der Waals surface area contributed by atoms with E-state index in [0.29, 0.717) is 31.3 Å². The molecule has 4 aromatic rings. The van der Waals surface area contributed by atoms with Crippen molar-refractivity contribution in [2.45, 2.75) is 20.3 Å². The topological polar surface area (TPSA) is 83.4 Å². The van der Waals surface area contributed by atoms with Gasteiger partial charge in [-0.05, 0) is 31.5 Å². The van der Waals surface area contributed by atoms with Gasteiger partial charge in [-0.15, -0.1) is 0 Å². The monoisotopic (exact) mass is 421 g/mol. The van der Waals surface area contributed by atoms with Gasteiger partial charge < -0.3 is 15.0 Å². The van der Waals surface area contributed by atoms with E-state index in [1.165, 1.54) is 12.1 Å². The van der Waals surface area contributed by atoms with Crippen molar-refractivity contribution >= 4 is 23.1 Å². The minimum atomic E-state index is -0.242. The average Bonchev–Trinajstić information content (AvgIpc) is 3.32. The number of hydrogen-bond donors (Lipinski definition) is 2. The molecule has 0 unspecified atom stereocenters. The van der Waals surface area contributed by atoms with E-state index in [1.807, 2.05) is 30.5 Å². The summed E-state index contributed by atoms with van der Waals surface area (Å²) >= 11 is 0. The van der Waals surface area contributed by atoms with E-state index in [0.717, 1.165) is 47.1 Å². The molecule has 0 radical (unpaired) electrons.